The molecule has 2 aliphatic carbocycles. The first-order valence-electron chi connectivity index (χ1n) is 11.4. The maximum absolute atomic E-state index is 12.7. The largest absolute Gasteiger partial charge is 0.480 e. The van der Waals surface area contributed by atoms with Crippen molar-refractivity contribution in [1.82, 2.24) is 10.6 Å². The van der Waals surface area contributed by atoms with Gasteiger partial charge in [-0.3, -0.25) is 4.79 Å². The first-order chi connectivity index (χ1) is 15.8. The summed E-state index contributed by atoms with van der Waals surface area (Å²) < 4.78 is 5.54. The number of carboxylic acid groups (broad SMARTS) is 1. The van der Waals surface area contributed by atoms with Crippen LogP contribution in [0.2, 0.25) is 0 Å². The van der Waals surface area contributed by atoms with Crippen molar-refractivity contribution in [2.24, 2.45) is 11.3 Å². The highest BCUT2D eigenvalue weighted by Crippen LogP contribution is 2.46. The van der Waals surface area contributed by atoms with Crippen molar-refractivity contribution in [3.63, 3.8) is 0 Å². The van der Waals surface area contributed by atoms with Crippen molar-refractivity contribution in [3.8, 4) is 11.1 Å². The molecule has 2 aromatic rings. The van der Waals surface area contributed by atoms with E-state index in [1.165, 1.54) is 0 Å². The van der Waals surface area contributed by atoms with E-state index >= 15 is 0 Å². The Balaban J connectivity index is 1.32. The molecule has 0 spiro atoms. The average Bonchev–Trinajstić information content (AvgIpc) is 3.52. The van der Waals surface area contributed by atoms with Gasteiger partial charge in [0, 0.05) is 12.5 Å². The Morgan fingerprint density at radius 1 is 1.03 bits per heavy atom. The zero-order chi connectivity index (χ0) is 23.6. The van der Waals surface area contributed by atoms with Gasteiger partial charge in [0.1, 0.15) is 12.6 Å². The molecule has 174 valence electrons. The molecular formula is C26H30N2O5. The number of fused-ring (bicyclic) bond motifs is 3. The molecule has 7 nitrogen and oxygen atoms in total. The Bertz CT molecular complexity index is 1010. The number of rotatable bonds is 9. The summed E-state index contributed by atoms with van der Waals surface area (Å²) in [5.41, 5.74) is 3.83. The lowest BCUT2D eigenvalue weighted by molar-refractivity contribution is -0.143. The van der Waals surface area contributed by atoms with Gasteiger partial charge in [0.2, 0.25) is 5.91 Å². The fraction of sp³-hybridized carbons (Fsp3) is 0.423. The Morgan fingerprint density at radius 3 is 2.12 bits per heavy atom. The molecule has 1 saturated carbocycles. The molecule has 1 atom stereocenters. The van der Waals surface area contributed by atoms with E-state index in [1.807, 2.05) is 38.1 Å². The first-order valence-corrected chi connectivity index (χ1v) is 11.4. The first kappa shape index (κ1) is 22.8. The van der Waals surface area contributed by atoms with Crippen molar-refractivity contribution in [1.29, 1.82) is 0 Å². The molecular weight excluding hydrogens is 420 g/mol. The van der Waals surface area contributed by atoms with Crippen LogP contribution in [0.15, 0.2) is 48.5 Å². The van der Waals surface area contributed by atoms with Gasteiger partial charge in [0.25, 0.3) is 0 Å². The number of nitrogens with one attached hydrogen (secondary N) is 2. The number of aliphatic carboxylic acids is 1. The topological polar surface area (TPSA) is 105 Å². The Kier molecular flexibility index (Phi) is 6.40. The van der Waals surface area contributed by atoms with E-state index in [-0.39, 0.29) is 30.9 Å². The van der Waals surface area contributed by atoms with Crippen LogP contribution < -0.4 is 10.6 Å². The van der Waals surface area contributed by atoms with Crippen LogP contribution in [0.1, 0.15) is 50.2 Å². The number of carbonyl (C=O) groups is 3. The molecule has 33 heavy (non-hydrogen) atoms. The molecule has 4 rings (SSSR count). The molecule has 0 aromatic heterocycles. The summed E-state index contributed by atoms with van der Waals surface area (Å²) in [6, 6.07) is 15.3. The second kappa shape index (κ2) is 9.25. The van der Waals surface area contributed by atoms with Gasteiger partial charge >= 0.3 is 12.1 Å². The summed E-state index contributed by atoms with van der Waals surface area (Å²) in [6.07, 6.45) is 0.997. The van der Waals surface area contributed by atoms with Crippen LogP contribution in [0.4, 0.5) is 4.79 Å². The third kappa shape index (κ3) is 4.87. The second-order valence-corrected chi connectivity index (χ2v) is 9.45. The van der Waals surface area contributed by atoms with Gasteiger partial charge in [-0.25, -0.2) is 9.59 Å². The normalized spacial score (nSPS) is 16.5. The lowest BCUT2D eigenvalue weighted by Gasteiger charge is -2.21. The molecule has 0 radical (unpaired) electrons. The van der Waals surface area contributed by atoms with Gasteiger partial charge in [0.15, 0.2) is 0 Å². The molecule has 2 aromatic carbocycles. The van der Waals surface area contributed by atoms with Crippen molar-refractivity contribution in [2.45, 2.75) is 45.1 Å². The third-order valence-electron chi connectivity index (χ3n) is 6.56. The van der Waals surface area contributed by atoms with Crippen molar-refractivity contribution in [2.75, 3.05) is 13.2 Å². The van der Waals surface area contributed by atoms with Crippen molar-refractivity contribution < 1.29 is 24.2 Å². The smallest absolute Gasteiger partial charge is 0.407 e. The van der Waals surface area contributed by atoms with E-state index in [9.17, 15) is 19.5 Å². The lowest BCUT2D eigenvalue weighted by Crippen LogP contribution is -2.48. The van der Waals surface area contributed by atoms with Crippen molar-refractivity contribution in [3.05, 3.63) is 59.7 Å². The molecule has 1 fully saturated rings. The summed E-state index contributed by atoms with van der Waals surface area (Å²) in [6.45, 7) is 4.15. The average molecular weight is 451 g/mol. The fourth-order valence-corrected chi connectivity index (χ4v) is 4.53. The standard InChI is InChI=1S/C26H30N2O5/c1-16(2)13-22(23(29)30)28-24(31)26(11-12-26)15-27-25(32)33-14-21-19-9-5-3-7-17(19)18-8-4-6-10-20(18)21/h3-10,16,21-22H,11-15H2,1-2H3,(H,27,32)(H,28,31)(H,29,30)/t22-/m1/s1. The maximum Gasteiger partial charge on any atom is 0.407 e. The highest BCUT2D eigenvalue weighted by Gasteiger charge is 2.50. The van der Waals surface area contributed by atoms with Gasteiger partial charge in [-0.05, 0) is 47.4 Å². The van der Waals surface area contributed by atoms with Crippen LogP contribution >= 0.6 is 0 Å². The molecule has 0 bridgehead atoms. The van der Waals surface area contributed by atoms with Gasteiger partial charge in [-0.2, -0.15) is 0 Å². The quantitative estimate of drug-likeness (QED) is 0.537. The molecule has 2 amide bonds. The second-order valence-electron chi connectivity index (χ2n) is 9.45. The van der Waals surface area contributed by atoms with Crippen LogP contribution in [0.3, 0.4) is 0 Å². The Hall–Kier alpha value is -3.35. The highest BCUT2D eigenvalue weighted by atomic mass is 16.5. The van der Waals surface area contributed by atoms with Crippen LogP contribution in [-0.2, 0) is 14.3 Å². The van der Waals surface area contributed by atoms with E-state index in [4.69, 9.17) is 4.74 Å². The van der Waals surface area contributed by atoms with Gasteiger partial charge in [0.05, 0.1) is 5.41 Å². The Morgan fingerprint density at radius 2 is 1.61 bits per heavy atom. The molecule has 0 unspecified atom stereocenters. The number of hydrogen-bond acceptors (Lipinski definition) is 4. The molecule has 0 saturated heterocycles. The van der Waals surface area contributed by atoms with Crippen LogP contribution in [0, 0.1) is 11.3 Å². The summed E-state index contributed by atoms with van der Waals surface area (Å²) in [5.74, 6) is -1.26. The number of benzene rings is 2. The van der Waals surface area contributed by atoms with E-state index < -0.39 is 23.5 Å². The summed E-state index contributed by atoms with van der Waals surface area (Å²) in [4.78, 5) is 36.6. The SMILES string of the molecule is CC(C)C[C@@H](NC(=O)C1(CNC(=O)OCC2c3ccccc3-c3ccccc32)CC1)C(=O)O. The van der Waals surface area contributed by atoms with E-state index in [0.717, 1.165) is 22.3 Å². The predicted molar refractivity (Wildman–Crippen MR) is 124 cm³/mol. The number of carboxylic acids is 1. The molecule has 7 heteroatoms. The maximum atomic E-state index is 12.7. The summed E-state index contributed by atoms with van der Waals surface area (Å²) in [5, 5.41) is 14.7. The van der Waals surface area contributed by atoms with Crippen LogP contribution in [0.5, 0.6) is 0 Å². The molecule has 3 N–H and O–H groups in total. The van der Waals surface area contributed by atoms with Crippen LogP contribution in [-0.4, -0.2) is 42.3 Å². The van der Waals surface area contributed by atoms with Crippen molar-refractivity contribution >= 4 is 18.0 Å². The molecule has 2 aliphatic rings. The minimum atomic E-state index is -1.04. The number of hydrogen-bond donors (Lipinski definition) is 3. The minimum Gasteiger partial charge on any atom is -0.480 e. The van der Waals surface area contributed by atoms with Gasteiger partial charge in [-0.15, -0.1) is 0 Å². The number of amides is 2. The number of alkyl carbamates (subject to hydrolysis) is 1. The summed E-state index contributed by atoms with van der Waals surface area (Å²) >= 11 is 0. The minimum absolute atomic E-state index is 0.0336. The number of carbonyl (C=O) groups excluding carboxylic acids is 2. The summed E-state index contributed by atoms with van der Waals surface area (Å²) in [7, 11) is 0. The lowest BCUT2D eigenvalue weighted by atomic mass is 9.98. The van der Waals surface area contributed by atoms with E-state index in [0.29, 0.717) is 19.3 Å². The zero-order valence-electron chi connectivity index (χ0n) is 19.0. The van der Waals surface area contributed by atoms with Crippen LogP contribution in [0.25, 0.3) is 11.1 Å². The highest BCUT2D eigenvalue weighted by molar-refractivity contribution is 5.90. The zero-order valence-corrected chi connectivity index (χ0v) is 19.0. The molecule has 0 aliphatic heterocycles. The monoisotopic (exact) mass is 450 g/mol. The van der Waals surface area contributed by atoms with E-state index in [2.05, 4.69) is 34.9 Å². The van der Waals surface area contributed by atoms with E-state index in [1.54, 1.807) is 0 Å². The fourth-order valence-electron chi connectivity index (χ4n) is 4.53. The molecule has 0 heterocycles. The Labute approximate surface area is 193 Å². The third-order valence-corrected chi connectivity index (χ3v) is 6.56. The van der Waals surface area contributed by atoms with Gasteiger partial charge in [-0.1, -0.05) is 62.4 Å². The predicted octanol–water partition coefficient (Wildman–Crippen LogP) is 3.92. The van der Waals surface area contributed by atoms with Gasteiger partial charge < -0.3 is 20.5 Å². The number of ether oxygens (including phenoxy) is 1.